The molecule has 1 fully saturated rings. The number of terminal acetylenes is 1. The zero-order chi connectivity index (χ0) is 9.73. The number of hydrogen-bond donors (Lipinski definition) is 1. The zero-order valence-electron chi connectivity index (χ0n) is 8.23. The number of carbonyl (C=O) groups is 1. The van der Waals surface area contributed by atoms with Crippen molar-refractivity contribution in [2.24, 2.45) is 5.41 Å². The van der Waals surface area contributed by atoms with Crippen molar-refractivity contribution in [1.29, 1.82) is 0 Å². The Balaban J connectivity index is 2.55. The van der Waals surface area contributed by atoms with Crippen LogP contribution in [0.1, 0.15) is 32.6 Å². The topological polar surface area (TPSA) is 29.1 Å². The second-order valence-electron chi connectivity index (χ2n) is 3.69. The van der Waals surface area contributed by atoms with Gasteiger partial charge in [-0.3, -0.25) is 4.79 Å². The largest absolute Gasteiger partial charge is 0.316 e. The minimum Gasteiger partial charge on any atom is -0.316 e. The summed E-state index contributed by atoms with van der Waals surface area (Å²) >= 11 is 0. The standard InChI is InChI=1S/C11H17NO/c1-3-5-6-10(13)11(4-2)7-8-12-9-11/h1,12H,4-9H2,2H3. The lowest BCUT2D eigenvalue weighted by molar-refractivity contribution is -0.127. The van der Waals surface area contributed by atoms with E-state index in [9.17, 15) is 4.79 Å². The van der Waals surface area contributed by atoms with Gasteiger partial charge in [-0.2, -0.15) is 0 Å². The Kier molecular flexibility index (Phi) is 3.50. The smallest absolute Gasteiger partial charge is 0.141 e. The molecule has 1 heterocycles. The summed E-state index contributed by atoms with van der Waals surface area (Å²) in [5.74, 6) is 2.87. The van der Waals surface area contributed by atoms with Gasteiger partial charge in [0.2, 0.25) is 0 Å². The van der Waals surface area contributed by atoms with Crippen molar-refractivity contribution in [2.75, 3.05) is 13.1 Å². The minimum atomic E-state index is -0.100. The molecule has 1 saturated heterocycles. The van der Waals surface area contributed by atoms with Crippen LogP contribution in [0.3, 0.4) is 0 Å². The summed E-state index contributed by atoms with van der Waals surface area (Å²) in [4.78, 5) is 11.8. The maximum Gasteiger partial charge on any atom is 0.141 e. The third-order valence-corrected chi connectivity index (χ3v) is 3.01. The lowest BCUT2D eigenvalue weighted by Gasteiger charge is -2.24. The molecule has 0 aliphatic carbocycles. The highest BCUT2D eigenvalue weighted by molar-refractivity contribution is 5.85. The highest BCUT2D eigenvalue weighted by Gasteiger charge is 2.38. The van der Waals surface area contributed by atoms with Gasteiger partial charge in [-0.1, -0.05) is 6.92 Å². The molecule has 0 aromatic carbocycles. The fourth-order valence-electron chi connectivity index (χ4n) is 1.93. The Morgan fingerprint density at radius 3 is 2.92 bits per heavy atom. The van der Waals surface area contributed by atoms with E-state index in [2.05, 4.69) is 18.2 Å². The summed E-state index contributed by atoms with van der Waals surface area (Å²) in [5, 5.41) is 3.25. The van der Waals surface area contributed by atoms with Crippen molar-refractivity contribution >= 4 is 5.78 Å². The zero-order valence-corrected chi connectivity index (χ0v) is 8.23. The summed E-state index contributed by atoms with van der Waals surface area (Å²) in [5.41, 5.74) is -0.100. The first-order valence-electron chi connectivity index (χ1n) is 4.92. The SMILES string of the molecule is C#CCCC(=O)C1(CC)CCNC1. The van der Waals surface area contributed by atoms with Crippen LogP contribution in [0.4, 0.5) is 0 Å². The predicted molar refractivity (Wildman–Crippen MR) is 53.3 cm³/mol. The second-order valence-corrected chi connectivity index (χ2v) is 3.69. The molecule has 0 aromatic heterocycles. The fourth-order valence-corrected chi connectivity index (χ4v) is 1.93. The molecule has 0 aromatic rings. The van der Waals surface area contributed by atoms with Gasteiger partial charge in [-0.05, 0) is 19.4 Å². The Bertz CT molecular complexity index is 221. The molecule has 0 saturated carbocycles. The molecular weight excluding hydrogens is 162 g/mol. The number of hydrogen-bond acceptors (Lipinski definition) is 2. The molecule has 2 nitrogen and oxygen atoms in total. The molecule has 1 atom stereocenters. The minimum absolute atomic E-state index is 0.100. The van der Waals surface area contributed by atoms with Crippen molar-refractivity contribution in [2.45, 2.75) is 32.6 Å². The van der Waals surface area contributed by atoms with Crippen LogP contribution >= 0.6 is 0 Å². The summed E-state index contributed by atoms with van der Waals surface area (Å²) < 4.78 is 0. The van der Waals surface area contributed by atoms with E-state index in [1.807, 2.05) is 0 Å². The summed E-state index contributed by atoms with van der Waals surface area (Å²) in [6, 6.07) is 0. The van der Waals surface area contributed by atoms with Crippen LogP contribution in [0.2, 0.25) is 0 Å². The van der Waals surface area contributed by atoms with E-state index < -0.39 is 0 Å². The number of carbonyl (C=O) groups excluding carboxylic acids is 1. The van der Waals surface area contributed by atoms with Gasteiger partial charge in [0.25, 0.3) is 0 Å². The Hall–Kier alpha value is -0.810. The lowest BCUT2D eigenvalue weighted by atomic mass is 9.78. The van der Waals surface area contributed by atoms with E-state index in [1.165, 1.54) is 0 Å². The molecule has 0 radical (unpaired) electrons. The van der Waals surface area contributed by atoms with Gasteiger partial charge in [0, 0.05) is 24.8 Å². The quantitative estimate of drug-likeness (QED) is 0.660. The molecule has 1 rings (SSSR count). The van der Waals surface area contributed by atoms with Gasteiger partial charge in [0.05, 0.1) is 0 Å². The average Bonchev–Trinajstić information content (AvgIpc) is 2.63. The van der Waals surface area contributed by atoms with Crippen LogP contribution in [0.25, 0.3) is 0 Å². The molecular formula is C11H17NO. The predicted octanol–water partition coefficient (Wildman–Crippen LogP) is 1.36. The van der Waals surface area contributed by atoms with E-state index in [0.29, 0.717) is 18.6 Å². The van der Waals surface area contributed by atoms with Gasteiger partial charge in [0.1, 0.15) is 5.78 Å². The first-order chi connectivity index (χ1) is 6.25. The molecule has 13 heavy (non-hydrogen) atoms. The third kappa shape index (κ3) is 2.10. The van der Waals surface area contributed by atoms with Gasteiger partial charge in [-0.25, -0.2) is 0 Å². The van der Waals surface area contributed by atoms with E-state index in [4.69, 9.17) is 6.42 Å². The normalized spacial score (nSPS) is 27.1. The van der Waals surface area contributed by atoms with Crippen molar-refractivity contribution in [1.82, 2.24) is 5.32 Å². The molecule has 0 bridgehead atoms. The monoisotopic (exact) mass is 179 g/mol. The second kappa shape index (κ2) is 4.43. The maximum absolute atomic E-state index is 11.8. The highest BCUT2D eigenvalue weighted by Crippen LogP contribution is 2.31. The van der Waals surface area contributed by atoms with Crippen molar-refractivity contribution in [3.05, 3.63) is 0 Å². The van der Waals surface area contributed by atoms with Crippen molar-refractivity contribution < 1.29 is 4.79 Å². The molecule has 1 aliphatic rings. The number of ketones is 1. The molecule has 1 aliphatic heterocycles. The van der Waals surface area contributed by atoms with Crippen LogP contribution in [-0.2, 0) is 4.79 Å². The molecule has 0 amide bonds. The summed E-state index contributed by atoms with van der Waals surface area (Å²) in [6.45, 7) is 3.89. The Morgan fingerprint density at radius 2 is 2.46 bits per heavy atom. The van der Waals surface area contributed by atoms with Gasteiger partial charge >= 0.3 is 0 Å². The highest BCUT2D eigenvalue weighted by atomic mass is 16.1. The first-order valence-corrected chi connectivity index (χ1v) is 4.92. The third-order valence-electron chi connectivity index (χ3n) is 3.01. The van der Waals surface area contributed by atoms with Crippen LogP contribution in [0, 0.1) is 17.8 Å². The molecule has 0 spiro atoms. The van der Waals surface area contributed by atoms with Crippen LogP contribution in [0.5, 0.6) is 0 Å². The molecule has 1 unspecified atom stereocenters. The summed E-state index contributed by atoms with van der Waals surface area (Å²) in [6.07, 6.45) is 8.19. The van der Waals surface area contributed by atoms with Crippen LogP contribution < -0.4 is 5.32 Å². The number of nitrogens with one attached hydrogen (secondary N) is 1. The summed E-state index contributed by atoms with van der Waals surface area (Å²) in [7, 11) is 0. The Morgan fingerprint density at radius 1 is 1.69 bits per heavy atom. The molecule has 1 N–H and O–H groups in total. The van der Waals surface area contributed by atoms with Crippen LogP contribution in [0.15, 0.2) is 0 Å². The number of Topliss-reactive ketones (excluding diaryl/α,β-unsaturated/α-hetero) is 1. The average molecular weight is 179 g/mol. The van der Waals surface area contributed by atoms with Crippen LogP contribution in [-0.4, -0.2) is 18.9 Å². The van der Waals surface area contributed by atoms with Gasteiger partial charge < -0.3 is 5.32 Å². The van der Waals surface area contributed by atoms with Crippen molar-refractivity contribution in [3.63, 3.8) is 0 Å². The van der Waals surface area contributed by atoms with Gasteiger partial charge in [0.15, 0.2) is 0 Å². The first kappa shape index (κ1) is 10.3. The van der Waals surface area contributed by atoms with E-state index in [0.717, 1.165) is 25.9 Å². The van der Waals surface area contributed by atoms with Gasteiger partial charge in [-0.15, -0.1) is 12.3 Å². The number of rotatable bonds is 4. The maximum atomic E-state index is 11.8. The van der Waals surface area contributed by atoms with E-state index >= 15 is 0 Å². The van der Waals surface area contributed by atoms with Crippen molar-refractivity contribution in [3.8, 4) is 12.3 Å². The Labute approximate surface area is 80.1 Å². The lowest BCUT2D eigenvalue weighted by Crippen LogP contribution is -2.32. The molecule has 72 valence electrons. The fraction of sp³-hybridized carbons (Fsp3) is 0.727. The molecule has 2 heteroatoms. The van der Waals surface area contributed by atoms with E-state index in [-0.39, 0.29) is 5.41 Å². The van der Waals surface area contributed by atoms with E-state index in [1.54, 1.807) is 0 Å².